The number of pyridine rings is 2. The van der Waals surface area contributed by atoms with Gasteiger partial charge >= 0.3 is 0 Å². The van der Waals surface area contributed by atoms with Crippen LogP contribution in [0.5, 0.6) is 0 Å². The number of aromatic nitrogens is 4. The highest BCUT2D eigenvalue weighted by Crippen LogP contribution is 2.25. The van der Waals surface area contributed by atoms with E-state index in [0.717, 1.165) is 29.4 Å². The number of hydrogen-bond donors (Lipinski definition) is 3. The van der Waals surface area contributed by atoms with Crippen molar-refractivity contribution in [3.8, 4) is 0 Å². The predicted molar refractivity (Wildman–Crippen MR) is 121 cm³/mol. The van der Waals surface area contributed by atoms with Gasteiger partial charge in [-0.25, -0.2) is 13.9 Å². The summed E-state index contributed by atoms with van der Waals surface area (Å²) in [5, 5.41) is 22.9. The highest BCUT2D eigenvalue weighted by molar-refractivity contribution is 5.79. The smallest absolute Gasteiger partial charge is 0.159 e. The molecule has 1 aliphatic rings. The Morgan fingerprint density at radius 3 is 3.00 bits per heavy atom. The molecule has 0 radical (unpaired) electrons. The number of nitrogens with zero attached hydrogens (tertiary/aromatic N) is 4. The van der Waals surface area contributed by atoms with E-state index >= 15 is 0 Å². The lowest BCUT2D eigenvalue weighted by Crippen LogP contribution is -2.49. The van der Waals surface area contributed by atoms with Crippen LogP contribution < -0.4 is 10.6 Å². The number of halogens is 1. The molecule has 32 heavy (non-hydrogen) atoms. The Hall–Kier alpha value is -2.94. The minimum Gasteiger partial charge on any atom is -0.391 e. The first-order valence-electron chi connectivity index (χ1n) is 11.1. The van der Waals surface area contributed by atoms with Gasteiger partial charge in [0.25, 0.3) is 0 Å². The summed E-state index contributed by atoms with van der Waals surface area (Å²) >= 11 is 0. The van der Waals surface area contributed by atoms with Gasteiger partial charge in [0, 0.05) is 59.6 Å². The first kappa shape index (κ1) is 20.9. The average Bonchev–Trinajstić information content (AvgIpc) is 3.27. The van der Waals surface area contributed by atoms with Crippen molar-refractivity contribution in [1.29, 1.82) is 0 Å². The molecular formula is C24H27FN6O. The molecule has 4 aromatic rings. The molecule has 1 aromatic carbocycles. The van der Waals surface area contributed by atoms with Gasteiger partial charge in [0.15, 0.2) is 5.65 Å². The number of hydrogen-bond acceptors (Lipinski definition) is 6. The maximum atomic E-state index is 14.5. The van der Waals surface area contributed by atoms with Gasteiger partial charge in [-0.3, -0.25) is 4.98 Å². The molecule has 1 aliphatic carbocycles. The van der Waals surface area contributed by atoms with Crippen molar-refractivity contribution < 1.29 is 9.50 Å². The Morgan fingerprint density at radius 1 is 1.22 bits per heavy atom. The SMILES string of the molecule is C[C@H](N[C@H]1CC[C@H](NCc2cc3cccnc3cc2F)[C@H](O)C1)c1cccn2ncnc12. The molecule has 0 unspecified atom stereocenters. The number of nitrogens with one attached hydrogen (secondary N) is 2. The van der Waals surface area contributed by atoms with Crippen molar-refractivity contribution >= 4 is 16.6 Å². The van der Waals surface area contributed by atoms with E-state index in [-0.39, 0.29) is 23.9 Å². The molecule has 1 saturated carbocycles. The van der Waals surface area contributed by atoms with Crippen molar-refractivity contribution in [2.45, 2.75) is 57.0 Å². The van der Waals surface area contributed by atoms with Gasteiger partial charge in [-0.1, -0.05) is 12.1 Å². The molecule has 166 valence electrons. The van der Waals surface area contributed by atoms with Gasteiger partial charge in [0.2, 0.25) is 0 Å². The molecule has 7 nitrogen and oxygen atoms in total. The third-order valence-electron chi connectivity index (χ3n) is 6.43. The fraction of sp³-hybridized carbons (Fsp3) is 0.375. The van der Waals surface area contributed by atoms with Crippen LogP contribution in [0.4, 0.5) is 4.39 Å². The summed E-state index contributed by atoms with van der Waals surface area (Å²) in [5.74, 6) is -0.273. The second kappa shape index (κ2) is 8.90. The minimum atomic E-state index is -0.498. The summed E-state index contributed by atoms with van der Waals surface area (Å²) in [4.78, 5) is 8.55. The van der Waals surface area contributed by atoms with Crippen molar-refractivity contribution in [3.05, 3.63) is 72.1 Å². The molecule has 0 aliphatic heterocycles. The van der Waals surface area contributed by atoms with Gasteiger partial charge in [-0.05, 0) is 44.4 Å². The molecule has 3 heterocycles. The van der Waals surface area contributed by atoms with E-state index < -0.39 is 6.10 Å². The molecule has 0 bridgehead atoms. The maximum absolute atomic E-state index is 14.5. The summed E-state index contributed by atoms with van der Waals surface area (Å²) in [7, 11) is 0. The van der Waals surface area contributed by atoms with Crippen LogP contribution in [0.1, 0.15) is 43.4 Å². The normalized spacial score (nSPS) is 22.4. The highest BCUT2D eigenvalue weighted by Gasteiger charge is 2.30. The van der Waals surface area contributed by atoms with Crippen molar-refractivity contribution in [2.24, 2.45) is 0 Å². The van der Waals surface area contributed by atoms with Crippen LogP contribution in [-0.4, -0.2) is 42.9 Å². The minimum absolute atomic E-state index is 0.0627. The Labute approximate surface area is 185 Å². The zero-order chi connectivity index (χ0) is 22.1. The number of rotatable bonds is 6. The van der Waals surface area contributed by atoms with Gasteiger partial charge < -0.3 is 15.7 Å². The molecule has 0 amide bonds. The summed E-state index contributed by atoms with van der Waals surface area (Å²) in [6.45, 7) is 2.49. The number of aliphatic hydroxyl groups is 1. The molecule has 5 rings (SSSR count). The Kier molecular flexibility index (Phi) is 5.82. The lowest BCUT2D eigenvalue weighted by Gasteiger charge is -2.35. The van der Waals surface area contributed by atoms with E-state index in [4.69, 9.17) is 0 Å². The van der Waals surface area contributed by atoms with Gasteiger partial charge in [-0.2, -0.15) is 5.10 Å². The van der Waals surface area contributed by atoms with Crippen molar-refractivity contribution in [3.63, 3.8) is 0 Å². The van der Waals surface area contributed by atoms with Crippen molar-refractivity contribution in [1.82, 2.24) is 30.2 Å². The van der Waals surface area contributed by atoms with Crippen molar-refractivity contribution in [2.75, 3.05) is 0 Å². The molecule has 1 fully saturated rings. The third-order valence-corrected chi connectivity index (χ3v) is 6.43. The lowest BCUT2D eigenvalue weighted by atomic mass is 9.87. The second-order valence-electron chi connectivity index (χ2n) is 8.58. The topological polar surface area (TPSA) is 87.4 Å². The van der Waals surface area contributed by atoms with Crippen LogP contribution in [-0.2, 0) is 6.54 Å². The van der Waals surface area contributed by atoms with Crippen LogP contribution in [0.15, 0.2) is 55.1 Å². The monoisotopic (exact) mass is 434 g/mol. The van der Waals surface area contributed by atoms with E-state index in [0.29, 0.717) is 24.0 Å². The molecule has 3 aromatic heterocycles. The Balaban J connectivity index is 1.19. The van der Waals surface area contributed by atoms with E-state index in [1.54, 1.807) is 17.0 Å². The highest BCUT2D eigenvalue weighted by atomic mass is 19.1. The molecular weight excluding hydrogens is 407 g/mol. The van der Waals surface area contributed by atoms with Gasteiger partial charge in [-0.15, -0.1) is 0 Å². The third kappa shape index (κ3) is 4.21. The second-order valence-corrected chi connectivity index (χ2v) is 8.58. The number of aliphatic hydroxyl groups excluding tert-OH is 1. The van der Waals surface area contributed by atoms with E-state index in [2.05, 4.69) is 38.7 Å². The first-order valence-corrected chi connectivity index (χ1v) is 11.1. The fourth-order valence-electron chi connectivity index (χ4n) is 4.70. The van der Waals surface area contributed by atoms with Crippen LogP contribution in [0.3, 0.4) is 0 Å². The predicted octanol–water partition coefficient (Wildman–Crippen LogP) is 3.14. The summed E-state index contributed by atoms with van der Waals surface area (Å²) < 4.78 is 16.2. The van der Waals surface area contributed by atoms with Gasteiger partial charge in [0.1, 0.15) is 12.1 Å². The van der Waals surface area contributed by atoms with Crippen LogP contribution >= 0.6 is 0 Å². The molecule has 0 spiro atoms. The first-order chi connectivity index (χ1) is 15.6. The Bertz CT molecular complexity index is 1230. The van der Waals surface area contributed by atoms with Crippen LogP contribution in [0, 0.1) is 5.82 Å². The summed E-state index contributed by atoms with van der Waals surface area (Å²) in [6, 6.07) is 11.3. The molecule has 4 atom stereocenters. The molecule has 8 heteroatoms. The molecule has 3 N–H and O–H groups in total. The standard InChI is InChI=1S/C24H27FN6O/c1-15(19-5-3-9-31-24(19)28-14-29-31)30-18-6-7-21(23(32)11-18)27-13-17-10-16-4-2-8-26-22(16)12-20(17)25/h2-5,8-10,12,14-15,18,21,23,27,30,32H,6-7,11,13H2,1H3/t15-,18-,21-,23+/m0/s1. The summed E-state index contributed by atoms with van der Waals surface area (Å²) in [6.07, 6.45) is 6.99. The number of fused-ring (bicyclic) bond motifs is 2. The van der Waals surface area contributed by atoms with Crippen LogP contribution in [0.25, 0.3) is 16.6 Å². The molecule has 0 saturated heterocycles. The van der Waals surface area contributed by atoms with E-state index in [9.17, 15) is 9.50 Å². The van der Waals surface area contributed by atoms with E-state index in [1.807, 2.05) is 30.5 Å². The number of benzene rings is 1. The van der Waals surface area contributed by atoms with Gasteiger partial charge in [0.05, 0.1) is 11.6 Å². The maximum Gasteiger partial charge on any atom is 0.159 e. The van der Waals surface area contributed by atoms with Crippen LogP contribution in [0.2, 0.25) is 0 Å². The summed E-state index contributed by atoms with van der Waals surface area (Å²) in [5.41, 5.74) is 3.17. The average molecular weight is 435 g/mol. The van der Waals surface area contributed by atoms with E-state index in [1.165, 1.54) is 6.07 Å². The zero-order valence-electron chi connectivity index (χ0n) is 17.9. The zero-order valence-corrected chi connectivity index (χ0v) is 17.9. The fourth-order valence-corrected chi connectivity index (χ4v) is 4.70. The Morgan fingerprint density at radius 2 is 2.12 bits per heavy atom. The largest absolute Gasteiger partial charge is 0.391 e. The lowest BCUT2D eigenvalue weighted by molar-refractivity contribution is 0.0723. The quantitative estimate of drug-likeness (QED) is 0.432.